The molecule has 4 rings (SSSR count). The van der Waals surface area contributed by atoms with Crippen LogP contribution in [0.5, 0.6) is 5.75 Å². The quantitative estimate of drug-likeness (QED) is 0.293. The lowest BCUT2D eigenvalue weighted by atomic mass is 10.0. The third kappa shape index (κ3) is 6.03. The molecule has 0 spiro atoms. The summed E-state index contributed by atoms with van der Waals surface area (Å²) in [5, 5.41) is 6.55. The molecule has 0 aliphatic rings. The van der Waals surface area contributed by atoms with Gasteiger partial charge in [0.15, 0.2) is 0 Å². The Hall–Kier alpha value is -4.59. The van der Waals surface area contributed by atoms with Crippen molar-refractivity contribution in [3.63, 3.8) is 0 Å². The molecule has 0 saturated heterocycles. The van der Waals surface area contributed by atoms with Gasteiger partial charge < -0.3 is 24.7 Å². The number of anilines is 3. The highest BCUT2D eigenvalue weighted by molar-refractivity contribution is 6.02. The lowest BCUT2D eigenvalue weighted by Gasteiger charge is -2.23. The number of nitrogens with one attached hydrogen (secondary N) is 2. The molecule has 0 unspecified atom stereocenters. The van der Waals surface area contributed by atoms with E-state index in [4.69, 9.17) is 9.15 Å². The van der Waals surface area contributed by atoms with Gasteiger partial charge in [0, 0.05) is 23.7 Å². The number of fused-ring (bicyclic) bond motifs is 1. The van der Waals surface area contributed by atoms with Gasteiger partial charge in [0.2, 0.25) is 5.91 Å². The first-order valence-electron chi connectivity index (χ1n) is 12.4. The van der Waals surface area contributed by atoms with Crippen LogP contribution in [0.15, 0.2) is 88.1 Å². The van der Waals surface area contributed by atoms with Crippen LogP contribution < -0.4 is 25.9 Å². The van der Waals surface area contributed by atoms with E-state index in [9.17, 15) is 14.4 Å². The van der Waals surface area contributed by atoms with Gasteiger partial charge in [0.1, 0.15) is 23.1 Å². The second kappa shape index (κ2) is 11.6. The number of rotatable bonds is 9. The Labute approximate surface area is 221 Å². The average molecular weight is 514 g/mol. The molecular formula is C30H31N3O5. The van der Waals surface area contributed by atoms with Crippen LogP contribution in [-0.2, 0) is 4.79 Å². The van der Waals surface area contributed by atoms with Crippen LogP contribution in [0.4, 0.5) is 17.1 Å². The predicted molar refractivity (Wildman–Crippen MR) is 149 cm³/mol. The van der Waals surface area contributed by atoms with Gasteiger partial charge in [-0.15, -0.1) is 0 Å². The van der Waals surface area contributed by atoms with E-state index in [1.54, 1.807) is 66.5 Å². The van der Waals surface area contributed by atoms with Crippen molar-refractivity contribution in [3.8, 4) is 5.75 Å². The van der Waals surface area contributed by atoms with Crippen LogP contribution in [0.2, 0.25) is 0 Å². The summed E-state index contributed by atoms with van der Waals surface area (Å²) in [5.41, 5.74) is 1.90. The number of hydrogen-bond acceptors (Lipinski definition) is 6. The Kier molecular flexibility index (Phi) is 8.11. The topological polar surface area (TPSA) is 101 Å². The van der Waals surface area contributed by atoms with Gasteiger partial charge in [-0.25, -0.2) is 4.79 Å². The van der Waals surface area contributed by atoms with Crippen molar-refractivity contribution in [1.82, 2.24) is 5.32 Å². The molecule has 0 saturated carbocycles. The number of methoxy groups -OCH3 is 1. The Bertz CT molecular complexity index is 1500. The fourth-order valence-corrected chi connectivity index (χ4v) is 4.18. The van der Waals surface area contributed by atoms with Gasteiger partial charge in [0.05, 0.1) is 12.8 Å². The van der Waals surface area contributed by atoms with Gasteiger partial charge in [-0.2, -0.15) is 0 Å². The minimum absolute atomic E-state index is 0.160. The number of carbonyl (C=O) groups is 2. The molecule has 0 bridgehead atoms. The summed E-state index contributed by atoms with van der Waals surface area (Å²) in [7, 11) is 3.26. The molecular weight excluding hydrogens is 482 g/mol. The lowest BCUT2D eigenvalue weighted by Crippen LogP contribution is -2.44. The van der Waals surface area contributed by atoms with Crippen molar-refractivity contribution in [1.29, 1.82) is 0 Å². The standard InChI is InChI=1S/C30H31N3O5/c1-19(2)16-24(32-28(34)20-10-6-5-7-11-20)29(35)31-23-18-22(14-15-27(23)37-4)33(3)25-17-21-12-8-9-13-26(21)38-30(25)36/h5-15,17-19,24H,16H2,1-4H3,(H,31,35)(H,32,34)/t24-/m0/s1. The largest absolute Gasteiger partial charge is 0.495 e. The Morgan fingerprint density at radius 2 is 1.68 bits per heavy atom. The van der Waals surface area contributed by atoms with Crippen molar-refractivity contribution in [2.24, 2.45) is 5.92 Å². The van der Waals surface area contributed by atoms with E-state index < -0.39 is 11.7 Å². The van der Waals surface area contributed by atoms with Crippen LogP contribution in [0.1, 0.15) is 30.6 Å². The Morgan fingerprint density at radius 1 is 0.974 bits per heavy atom. The third-order valence-corrected chi connectivity index (χ3v) is 6.18. The maximum absolute atomic E-state index is 13.4. The maximum Gasteiger partial charge on any atom is 0.360 e. The van der Waals surface area contributed by atoms with E-state index in [-0.39, 0.29) is 17.7 Å². The summed E-state index contributed by atoms with van der Waals surface area (Å²) < 4.78 is 11.0. The van der Waals surface area contributed by atoms with E-state index in [1.807, 2.05) is 38.1 Å². The summed E-state index contributed by atoms with van der Waals surface area (Å²) in [6.45, 7) is 3.97. The Morgan fingerprint density at radius 3 is 2.39 bits per heavy atom. The zero-order valence-electron chi connectivity index (χ0n) is 21.9. The molecule has 8 nitrogen and oxygen atoms in total. The highest BCUT2D eigenvalue weighted by Gasteiger charge is 2.24. The predicted octanol–water partition coefficient (Wildman–Crippen LogP) is 5.35. The molecule has 196 valence electrons. The van der Waals surface area contributed by atoms with E-state index in [0.29, 0.717) is 40.4 Å². The number of nitrogens with zero attached hydrogens (tertiary/aromatic N) is 1. The van der Waals surface area contributed by atoms with Gasteiger partial charge in [-0.3, -0.25) is 9.59 Å². The van der Waals surface area contributed by atoms with Crippen LogP contribution in [0, 0.1) is 5.92 Å². The smallest absolute Gasteiger partial charge is 0.360 e. The number of amides is 2. The van der Waals surface area contributed by atoms with Crippen LogP contribution in [-0.4, -0.2) is 32.0 Å². The van der Waals surface area contributed by atoms with E-state index >= 15 is 0 Å². The van der Waals surface area contributed by atoms with Crippen LogP contribution >= 0.6 is 0 Å². The summed E-state index contributed by atoms with van der Waals surface area (Å²) >= 11 is 0. The van der Waals surface area contributed by atoms with Crippen LogP contribution in [0.3, 0.4) is 0 Å². The summed E-state index contributed by atoms with van der Waals surface area (Å²) in [6, 6.07) is 22.3. The monoisotopic (exact) mass is 513 g/mol. The number of hydrogen-bond donors (Lipinski definition) is 2. The fourth-order valence-electron chi connectivity index (χ4n) is 4.18. The van der Waals surface area contributed by atoms with Crippen molar-refractivity contribution >= 4 is 39.8 Å². The minimum Gasteiger partial charge on any atom is -0.495 e. The molecule has 0 aliphatic heterocycles. The summed E-state index contributed by atoms with van der Waals surface area (Å²) in [4.78, 5) is 40.5. The number of para-hydroxylation sites is 1. The van der Waals surface area contributed by atoms with Crippen molar-refractivity contribution < 1.29 is 18.7 Å². The highest BCUT2D eigenvalue weighted by Crippen LogP contribution is 2.32. The van der Waals surface area contributed by atoms with E-state index in [1.165, 1.54) is 7.11 Å². The molecule has 0 radical (unpaired) electrons. The van der Waals surface area contributed by atoms with Gasteiger partial charge in [-0.05, 0) is 54.8 Å². The van der Waals surface area contributed by atoms with E-state index in [2.05, 4.69) is 10.6 Å². The number of carbonyl (C=O) groups excluding carboxylic acids is 2. The molecule has 1 atom stereocenters. The lowest BCUT2D eigenvalue weighted by molar-refractivity contribution is -0.118. The van der Waals surface area contributed by atoms with Crippen molar-refractivity contribution in [2.45, 2.75) is 26.3 Å². The first-order valence-corrected chi connectivity index (χ1v) is 12.4. The van der Waals surface area contributed by atoms with Crippen molar-refractivity contribution in [3.05, 3.63) is 94.8 Å². The van der Waals surface area contributed by atoms with Gasteiger partial charge >= 0.3 is 5.63 Å². The van der Waals surface area contributed by atoms with Gasteiger partial charge in [-0.1, -0.05) is 50.2 Å². The molecule has 1 heterocycles. The molecule has 4 aromatic rings. The third-order valence-electron chi connectivity index (χ3n) is 6.18. The molecule has 2 amide bonds. The second-order valence-corrected chi connectivity index (χ2v) is 9.41. The number of ether oxygens (including phenoxy) is 1. The SMILES string of the molecule is COc1ccc(N(C)c2cc3ccccc3oc2=O)cc1NC(=O)[C@H](CC(C)C)NC(=O)c1ccccc1. The molecule has 1 aromatic heterocycles. The molecule has 2 N–H and O–H groups in total. The molecule has 8 heteroatoms. The normalized spacial score (nSPS) is 11.7. The first-order chi connectivity index (χ1) is 18.3. The first kappa shape index (κ1) is 26.5. The molecule has 3 aromatic carbocycles. The maximum atomic E-state index is 13.4. The number of benzene rings is 3. The minimum atomic E-state index is -0.763. The highest BCUT2D eigenvalue weighted by atomic mass is 16.5. The zero-order chi connectivity index (χ0) is 27.2. The molecule has 0 fully saturated rings. The second-order valence-electron chi connectivity index (χ2n) is 9.41. The molecule has 38 heavy (non-hydrogen) atoms. The Balaban J connectivity index is 1.60. The summed E-state index contributed by atoms with van der Waals surface area (Å²) in [6.07, 6.45) is 0.449. The average Bonchev–Trinajstić information content (AvgIpc) is 2.92. The zero-order valence-corrected chi connectivity index (χ0v) is 21.9. The van der Waals surface area contributed by atoms with E-state index in [0.717, 1.165) is 5.39 Å². The summed E-state index contributed by atoms with van der Waals surface area (Å²) in [5.74, 6) is -0.0896. The van der Waals surface area contributed by atoms with Crippen molar-refractivity contribution in [2.75, 3.05) is 24.4 Å². The fraction of sp³-hybridized carbons (Fsp3) is 0.233. The molecule has 0 aliphatic carbocycles. The van der Waals surface area contributed by atoms with Crippen LogP contribution in [0.25, 0.3) is 11.0 Å². The van der Waals surface area contributed by atoms with Gasteiger partial charge in [0.25, 0.3) is 5.91 Å².